The van der Waals surface area contributed by atoms with Gasteiger partial charge >= 0.3 is 11.9 Å². The van der Waals surface area contributed by atoms with Gasteiger partial charge in [-0.2, -0.15) is 0 Å². The van der Waals surface area contributed by atoms with Crippen LogP contribution in [0.5, 0.6) is 11.5 Å². The van der Waals surface area contributed by atoms with Crippen molar-refractivity contribution in [2.45, 2.75) is 49.9 Å². The molecule has 6 nitrogen and oxygen atoms in total. The Morgan fingerprint density at radius 2 is 2.09 bits per heavy atom. The molecule has 0 radical (unpaired) electrons. The minimum Gasteiger partial charge on any atom is -0.481 e. The molecule has 2 aromatic carbocycles. The molecule has 2 aliphatic carbocycles. The van der Waals surface area contributed by atoms with Crippen LogP contribution < -0.4 is 9.47 Å². The third-order valence-electron chi connectivity index (χ3n) is 7.87. The minimum absolute atomic E-state index is 0.135. The lowest BCUT2D eigenvalue weighted by atomic mass is 9.53. The maximum atomic E-state index is 12.9. The molecule has 0 saturated carbocycles. The molecule has 1 spiro atoms. The molecule has 6 rings (SSSR count). The quantitative estimate of drug-likeness (QED) is 0.377. The Kier molecular flexibility index (Phi) is 5.01. The van der Waals surface area contributed by atoms with Gasteiger partial charge in [-0.3, -0.25) is 9.59 Å². The molecule has 2 aliphatic heterocycles. The van der Waals surface area contributed by atoms with Crippen LogP contribution in [0.1, 0.15) is 30.0 Å². The zero-order valence-electron chi connectivity index (χ0n) is 19.1. The Hall–Kier alpha value is -2.83. The third-order valence-corrected chi connectivity index (χ3v) is 8.11. The lowest BCUT2D eigenvalue weighted by Crippen LogP contribution is -2.65. The normalized spacial score (nSPS) is 30.3. The van der Waals surface area contributed by atoms with Crippen molar-refractivity contribution in [2.75, 3.05) is 13.6 Å². The van der Waals surface area contributed by atoms with E-state index in [0.29, 0.717) is 22.6 Å². The predicted molar refractivity (Wildman–Crippen MR) is 126 cm³/mol. The summed E-state index contributed by atoms with van der Waals surface area (Å²) in [4.78, 5) is 27.1. The fourth-order valence-electron chi connectivity index (χ4n) is 6.55. The van der Waals surface area contributed by atoms with E-state index in [-0.39, 0.29) is 35.8 Å². The van der Waals surface area contributed by atoms with Crippen LogP contribution in [-0.4, -0.2) is 48.7 Å². The van der Waals surface area contributed by atoms with E-state index < -0.39 is 6.10 Å². The van der Waals surface area contributed by atoms with E-state index in [2.05, 4.69) is 24.1 Å². The number of carbonyl (C=O) groups is 2. The second-order valence-electron chi connectivity index (χ2n) is 9.77. The van der Waals surface area contributed by atoms with E-state index in [0.717, 1.165) is 30.5 Å². The van der Waals surface area contributed by atoms with Gasteiger partial charge in [-0.25, -0.2) is 0 Å². The maximum absolute atomic E-state index is 12.9. The first-order valence-electron chi connectivity index (χ1n) is 11.7. The fourth-order valence-corrected chi connectivity index (χ4v) is 6.77. The average Bonchev–Trinajstić information content (AvgIpc) is 3.14. The second-order valence-corrected chi connectivity index (χ2v) is 10.2. The summed E-state index contributed by atoms with van der Waals surface area (Å²) in [5, 5.41) is 0.587. The summed E-state index contributed by atoms with van der Waals surface area (Å²) >= 11 is 6.08. The number of carbonyl (C=O) groups excluding carboxylic acids is 2. The molecule has 4 aliphatic rings. The highest BCUT2D eigenvalue weighted by Crippen LogP contribution is 2.62. The molecule has 2 aromatic rings. The van der Waals surface area contributed by atoms with Crippen molar-refractivity contribution in [2.24, 2.45) is 5.92 Å². The van der Waals surface area contributed by atoms with Gasteiger partial charge in [-0.05, 0) is 61.8 Å². The predicted octanol–water partition coefficient (Wildman–Crippen LogP) is 3.86. The van der Waals surface area contributed by atoms with Crippen molar-refractivity contribution >= 4 is 23.5 Å². The number of ether oxygens (including phenoxy) is 3. The summed E-state index contributed by atoms with van der Waals surface area (Å²) in [7, 11) is 2.17. The Bertz CT molecular complexity index is 1230. The topological polar surface area (TPSA) is 65.1 Å². The molecular formula is C27H26ClNO5. The van der Waals surface area contributed by atoms with E-state index in [1.807, 2.05) is 24.3 Å². The van der Waals surface area contributed by atoms with Crippen LogP contribution in [0.4, 0.5) is 0 Å². The lowest BCUT2D eigenvalue weighted by molar-refractivity contribution is -0.154. The molecule has 2 bridgehead atoms. The number of benzene rings is 2. The zero-order chi connectivity index (χ0) is 23.6. The van der Waals surface area contributed by atoms with Crippen molar-refractivity contribution in [3.63, 3.8) is 0 Å². The van der Waals surface area contributed by atoms with Crippen LogP contribution in [-0.2, 0) is 32.6 Å². The van der Waals surface area contributed by atoms with Crippen molar-refractivity contribution in [1.29, 1.82) is 0 Å². The van der Waals surface area contributed by atoms with Crippen LogP contribution in [0.2, 0.25) is 5.02 Å². The van der Waals surface area contributed by atoms with Crippen LogP contribution in [0.3, 0.4) is 0 Å². The molecular weight excluding hydrogens is 454 g/mol. The number of esters is 2. The number of piperidine rings is 1. The van der Waals surface area contributed by atoms with E-state index in [4.69, 9.17) is 25.8 Å². The van der Waals surface area contributed by atoms with Gasteiger partial charge < -0.3 is 19.1 Å². The van der Waals surface area contributed by atoms with Gasteiger partial charge in [0.15, 0.2) is 17.6 Å². The van der Waals surface area contributed by atoms with Crippen molar-refractivity contribution < 1.29 is 23.8 Å². The first-order chi connectivity index (χ1) is 16.4. The number of rotatable bonds is 4. The summed E-state index contributed by atoms with van der Waals surface area (Å²) in [6, 6.07) is 11.5. The molecule has 5 atom stereocenters. The van der Waals surface area contributed by atoms with Gasteiger partial charge in [0.2, 0.25) is 0 Å². The van der Waals surface area contributed by atoms with Crippen LogP contribution >= 0.6 is 11.6 Å². The summed E-state index contributed by atoms with van der Waals surface area (Å²) in [6.07, 6.45) is 5.22. The highest BCUT2D eigenvalue weighted by molar-refractivity contribution is 6.30. The first kappa shape index (κ1) is 21.7. The number of halogens is 1. The van der Waals surface area contributed by atoms with Crippen LogP contribution in [0, 0.1) is 5.92 Å². The molecule has 176 valence electrons. The standard InChI is InChI=1S/C27H26ClNO5/c1-15(30)32-21-8-6-17-14-20-19-7-9-22(33-23(31)13-16-4-3-5-18(28)12-16)26-27(19,10-11-29(20)2)24(17)25(21)34-26/h3-9,12,19-20,22,26H,10-11,13-14H2,1-2H3/t19-,20+,22-,26-,27-/m0/s1. The van der Waals surface area contributed by atoms with Gasteiger partial charge in [-0.1, -0.05) is 35.9 Å². The van der Waals surface area contributed by atoms with Gasteiger partial charge in [0, 0.05) is 34.9 Å². The highest BCUT2D eigenvalue weighted by Gasteiger charge is 2.65. The van der Waals surface area contributed by atoms with E-state index >= 15 is 0 Å². The highest BCUT2D eigenvalue weighted by atomic mass is 35.5. The molecule has 7 heteroatoms. The van der Waals surface area contributed by atoms with Crippen molar-refractivity contribution in [3.05, 3.63) is 70.3 Å². The van der Waals surface area contributed by atoms with E-state index in [1.54, 1.807) is 12.1 Å². The second kappa shape index (κ2) is 7.85. The van der Waals surface area contributed by atoms with Gasteiger partial charge in [-0.15, -0.1) is 0 Å². The largest absolute Gasteiger partial charge is 0.481 e. The van der Waals surface area contributed by atoms with Gasteiger partial charge in [0.1, 0.15) is 6.10 Å². The summed E-state index contributed by atoms with van der Waals surface area (Å²) in [6.45, 7) is 2.32. The van der Waals surface area contributed by atoms with Crippen molar-refractivity contribution in [3.8, 4) is 11.5 Å². The maximum Gasteiger partial charge on any atom is 0.310 e. The average molecular weight is 480 g/mol. The van der Waals surface area contributed by atoms with Gasteiger partial charge in [0.25, 0.3) is 0 Å². The Morgan fingerprint density at radius 1 is 1.24 bits per heavy atom. The molecule has 0 N–H and O–H groups in total. The molecule has 34 heavy (non-hydrogen) atoms. The Morgan fingerprint density at radius 3 is 2.88 bits per heavy atom. The molecule has 0 aromatic heterocycles. The summed E-state index contributed by atoms with van der Waals surface area (Å²) in [5.74, 6) is 0.594. The monoisotopic (exact) mass is 479 g/mol. The van der Waals surface area contributed by atoms with Crippen LogP contribution in [0.15, 0.2) is 48.6 Å². The van der Waals surface area contributed by atoms with E-state index in [1.165, 1.54) is 12.5 Å². The fraction of sp³-hybridized carbons (Fsp3) is 0.407. The smallest absolute Gasteiger partial charge is 0.310 e. The van der Waals surface area contributed by atoms with Crippen molar-refractivity contribution in [1.82, 2.24) is 4.90 Å². The molecule has 1 fully saturated rings. The molecule has 0 unspecified atom stereocenters. The van der Waals surface area contributed by atoms with Gasteiger partial charge in [0.05, 0.1) is 6.42 Å². The summed E-state index contributed by atoms with van der Waals surface area (Å²) < 4.78 is 18.1. The lowest BCUT2D eigenvalue weighted by Gasteiger charge is -2.56. The third kappa shape index (κ3) is 3.19. The van der Waals surface area contributed by atoms with E-state index in [9.17, 15) is 9.59 Å². The molecule has 0 amide bonds. The Labute approximate surface area is 203 Å². The summed E-state index contributed by atoms with van der Waals surface area (Å²) in [5.41, 5.74) is 2.85. The van der Waals surface area contributed by atoms with Crippen LogP contribution in [0.25, 0.3) is 0 Å². The zero-order valence-corrected chi connectivity index (χ0v) is 19.9. The molecule has 2 heterocycles. The SMILES string of the molecule is CC(=O)Oc1ccc2c3c1O[C@H]1[C@@H](OC(=O)Cc4cccc(Cl)c4)C=C[C@H]4[C@@H](C2)N(C)CC[C@@]341. The first-order valence-corrected chi connectivity index (χ1v) is 12.1. The number of likely N-dealkylation sites (N-methyl/N-ethyl adjacent to an activating group) is 1. The number of hydrogen-bond acceptors (Lipinski definition) is 6. The number of nitrogens with zero attached hydrogens (tertiary/aromatic N) is 1. The Balaban J connectivity index is 1.37. The number of hydrogen-bond donors (Lipinski definition) is 0. The minimum atomic E-state index is -0.532. The molecule has 1 saturated heterocycles. The number of likely N-dealkylation sites (tertiary alicyclic amines) is 1.